The van der Waals surface area contributed by atoms with Gasteiger partial charge in [-0.05, 0) is 49.5 Å². The Kier molecular flexibility index (Phi) is 3.45. The van der Waals surface area contributed by atoms with Gasteiger partial charge in [0.25, 0.3) is 0 Å². The molecule has 102 valence electrons. The maximum absolute atomic E-state index is 11.7. The maximum Gasteiger partial charge on any atom is 0.407 e. The summed E-state index contributed by atoms with van der Waals surface area (Å²) in [6.45, 7) is 0.351. The number of rotatable bonds is 3. The smallest absolute Gasteiger partial charge is 0.407 e. The van der Waals surface area contributed by atoms with Crippen molar-refractivity contribution in [2.24, 2.45) is 5.41 Å². The number of carbonyl (C=O) groups excluding carboxylic acids is 1. The van der Waals surface area contributed by atoms with Gasteiger partial charge in [0, 0.05) is 6.04 Å². The molecule has 1 N–H and O–H groups in total. The van der Waals surface area contributed by atoms with Crippen LogP contribution in [0, 0.1) is 5.41 Å². The summed E-state index contributed by atoms with van der Waals surface area (Å²) >= 11 is 0. The molecule has 0 atom stereocenters. The minimum Gasteiger partial charge on any atom is -0.445 e. The molecule has 19 heavy (non-hydrogen) atoms. The van der Waals surface area contributed by atoms with E-state index in [1.807, 2.05) is 30.3 Å². The molecule has 0 bridgehead atoms. The van der Waals surface area contributed by atoms with Crippen LogP contribution < -0.4 is 5.32 Å². The highest BCUT2D eigenvalue weighted by molar-refractivity contribution is 5.67. The van der Waals surface area contributed by atoms with Crippen molar-refractivity contribution >= 4 is 6.09 Å². The molecule has 0 aromatic heterocycles. The summed E-state index contributed by atoms with van der Waals surface area (Å²) in [5, 5.41) is 2.99. The Morgan fingerprint density at radius 3 is 2.47 bits per heavy atom. The van der Waals surface area contributed by atoms with Gasteiger partial charge in [-0.2, -0.15) is 0 Å². The largest absolute Gasteiger partial charge is 0.445 e. The Morgan fingerprint density at radius 1 is 1.16 bits per heavy atom. The van der Waals surface area contributed by atoms with Crippen molar-refractivity contribution in [1.29, 1.82) is 0 Å². The standard InChI is InChI=1S/C16H21NO2/c18-15(19-12-13-4-2-1-3-5-13)17-14-6-8-16(9-7-14)10-11-16/h1-5,14H,6-12H2,(H,17,18). The van der Waals surface area contributed by atoms with E-state index in [-0.39, 0.29) is 6.09 Å². The van der Waals surface area contributed by atoms with Gasteiger partial charge in [0.15, 0.2) is 0 Å². The highest BCUT2D eigenvalue weighted by Crippen LogP contribution is 2.56. The molecule has 0 radical (unpaired) electrons. The predicted octanol–water partition coefficient (Wildman–Crippen LogP) is 3.64. The zero-order valence-electron chi connectivity index (χ0n) is 11.2. The summed E-state index contributed by atoms with van der Waals surface area (Å²) in [7, 11) is 0. The lowest BCUT2D eigenvalue weighted by Crippen LogP contribution is -2.38. The van der Waals surface area contributed by atoms with Gasteiger partial charge < -0.3 is 10.1 Å². The molecule has 3 rings (SSSR count). The highest BCUT2D eigenvalue weighted by atomic mass is 16.5. The van der Waals surface area contributed by atoms with Crippen LogP contribution in [0.3, 0.4) is 0 Å². The third-order valence-corrected chi connectivity index (χ3v) is 4.54. The first kappa shape index (κ1) is 12.5. The number of alkyl carbamates (subject to hydrolysis) is 1. The molecular formula is C16H21NO2. The molecule has 0 aliphatic heterocycles. The average molecular weight is 259 g/mol. The van der Waals surface area contributed by atoms with Gasteiger partial charge in [-0.3, -0.25) is 0 Å². The lowest BCUT2D eigenvalue weighted by molar-refractivity contribution is 0.130. The van der Waals surface area contributed by atoms with Crippen molar-refractivity contribution in [2.75, 3.05) is 0 Å². The van der Waals surface area contributed by atoms with E-state index in [4.69, 9.17) is 4.74 Å². The van der Waals surface area contributed by atoms with Gasteiger partial charge in [0.1, 0.15) is 6.61 Å². The summed E-state index contributed by atoms with van der Waals surface area (Å²) in [6.07, 6.45) is 7.30. The van der Waals surface area contributed by atoms with Gasteiger partial charge in [0.05, 0.1) is 0 Å². The van der Waals surface area contributed by atoms with Gasteiger partial charge in [-0.25, -0.2) is 4.79 Å². The maximum atomic E-state index is 11.7. The van der Waals surface area contributed by atoms with Crippen molar-refractivity contribution in [2.45, 2.75) is 51.2 Å². The van der Waals surface area contributed by atoms with Crippen LogP contribution in [0.15, 0.2) is 30.3 Å². The van der Waals surface area contributed by atoms with E-state index >= 15 is 0 Å². The van der Waals surface area contributed by atoms with Gasteiger partial charge in [-0.1, -0.05) is 30.3 Å². The summed E-state index contributed by atoms with van der Waals surface area (Å²) in [4.78, 5) is 11.7. The molecule has 0 unspecified atom stereocenters. The number of nitrogens with one attached hydrogen (secondary N) is 1. The molecule has 3 heteroatoms. The van der Waals surface area contributed by atoms with Crippen LogP contribution >= 0.6 is 0 Å². The van der Waals surface area contributed by atoms with Crippen LogP contribution in [-0.4, -0.2) is 12.1 Å². The third kappa shape index (κ3) is 3.28. The Morgan fingerprint density at radius 2 is 1.84 bits per heavy atom. The van der Waals surface area contributed by atoms with Crippen molar-refractivity contribution in [3.05, 3.63) is 35.9 Å². The van der Waals surface area contributed by atoms with Crippen molar-refractivity contribution < 1.29 is 9.53 Å². The highest BCUT2D eigenvalue weighted by Gasteiger charge is 2.44. The number of carbonyl (C=O) groups is 1. The zero-order valence-corrected chi connectivity index (χ0v) is 11.2. The first-order valence-corrected chi connectivity index (χ1v) is 7.23. The van der Waals surface area contributed by atoms with E-state index in [1.165, 1.54) is 25.7 Å². The second-order valence-electron chi connectivity index (χ2n) is 5.98. The van der Waals surface area contributed by atoms with Crippen LogP contribution in [0.25, 0.3) is 0 Å². The Bertz CT molecular complexity index is 429. The number of amides is 1. The number of hydrogen-bond acceptors (Lipinski definition) is 2. The van der Waals surface area contributed by atoms with E-state index in [2.05, 4.69) is 5.32 Å². The molecule has 2 fully saturated rings. The van der Waals surface area contributed by atoms with Crippen LogP contribution in [0.4, 0.5) is 4.79 Å². The summed E-state index contributed by atoms with van der Waals surface area (Å²) in [5.74, 6) is 0. The number of ether oxygens (including phenoxy) is 1. The molecule has 1 amide bonds. The van der Waals surface area contributed by atoms with Crippen LogP contribution in [0.5, 0.6) is 0 Å². The number of hydrogen-bond donors (Lipinski definition) is 1. The van der Waals surface area contributed by atoms with E-state index in [0.717, 1.165) is 18.4 Å². The molecule has 2 aliphatic rings. The molecular weight excluding hydrogens is 238 g/mol. The lowest BCUT2D eigenvalue weighted by atomic mass is 9.83. The van der Waals surface area contributed by atoms with E-state index < -0.39 is 0 Å². The fourth-order valence-electron chi connectivity index (χ4n) is 2.98. The quantitative estimate of drug-likeness (QED) is 0.900. The normalized spacial score (nSPS) is 21.1. The van der Waals surface area contributed by atoms with Crippen molar-refractivity contribution in [3.63, 3.8) is 0 Å². The minimum absolute atomic E-state index is 0.277. The van der Waals surface area contributed by atoms with E-state index in [1.54, 1.807) is 0 Å². The fourth-order valence-corrected chi connectivity index (χ4v) is 2.98. The zero-order chi connectivity index (χ0) is 13.1. The molecule has 1 aromatic rings. The number of benzene rings is 1. The molecule has 2 aliphatic carbocycles. The summed E-state index contributed by atoms with van der Waals surface area (Å²) in [6, 6.07) is 10.1. The predicted molar refractivity (Wildman–Crippen MR) is 73.7 cm³/mol. The third-order valence-electron chi connectivity index (χ3n) is 4.54. The minimum atomic E-state index is -0.277. The molecule has 0 heterocycles. The molecule has 0 saturated heterocycles. The second-order valence-corrected chi connectivity index (χ2v) is 5.98. The van der Waals surface area contributed by atoms with Crippen molar-refractivity contribution in [3.8, 4) is 0 Å². The first-order chi connectivity index (χ1) is 9.26. The Hall–Kier alpha value is -1.51. The first-order valence-electron chi connectivity index (χ1n) is 7.23. The molecule has 1 aromatic carbocycles. The van der Waals surface area contributed by atoms with Gasteiger partial charge in [0.2, 0.25) is 0 Å². The average Bonchev–Trinajstić information content (AvgIpc) is 3.20. The monoisotopic (exact) mass is 259 g/mol. The summed E-state index contributed by atoms with van der Waals surface area (Å²) in [5.41, 5.74) is 1.70. The Balaban J connectivity index is 1.39. The van der Waals surface area contributed by atoms with Crippen LogP contribution in [0.2, 0.25) is 0 Å². The molecule has 3 nitrogen and oxygen atoms in total. The van der Waals surface area contributed by atoms with Crippen LogP contribution in [-0.2, 0) is 11.3 Å². The van der Waals surface area contributed by atoms with E-state index in [9.17, 15) is 4.79 Å². The summed E-state index contributed by atoms with van der Waals surface area (Å²) < 4.78 is 5.25. The van der Waals surface area contributed by atoms with E-state index in [0.29, 0.717) is 18.1 Å². The van der Waals surface area contributed by atoms with Gasteiger partial charge >= 0.3 is 6.09 Å². The fraction of sp³-hybridized carbons (Fsp3) is 0.562. The SMILES string of the molecule is O=C(NC1CCC2(CC1)CC2)OCc1ccccc1. The molecule has 2 saturated carbocycles. The van der Waals surface area contributed by atoms with Gasteiger partial charge in [-0.15, -0.1) is 0 Å². The molecule has 1 spiro atoms. The second kappa shape index (κ2) is 5.24. The van der Waals surface area contributed by atoms with Crippen molar-refractivity contribution in [1.82, 2.24) is 5.32 Å². The topological polar surface area (TPSA) is 38.3 Å². The lowest BCUT2D eigenvalue weighted by Gasteiger charge is -2.28. The Labute approximate surface area is 114 Å². The van der Waals surface area contributed by atoms with Crippen LogP contribution in [0.1, 0.15) is 44.1 Å².